The first kappa shape index (κ1) is 9.73. The molecule has 74 valence electrons. The minimum atomic E-state index is -0.299. The minimum Gasteiger partial charge on any atom is -0.461 e. The molecule has 14 heavy (non-hydrogen) atoms. The van der Waals surface area contributed by atoms with E-state index < -0.39 is 0 Å². The fraction of sp³-hybridized carbons (Fsp3) is 0.222. The second kappa shape index (κ2) is 3.74. The topological polar surface area (TPSA) is 42.1 Å². The summed E-state index contributed by atoms with van der Waals surface area (Å²) < 4.78 is 5.93. The van der Waals surface area contributed by atoms with E-state index >= 15 is 0 Å². The lowest BCUT2D eigenvalue weighted by molar-refractivity contribution is 0.0520. The fourth-order valence-corrected chi connectivity index (χ4v) is 2.72. The zero-order valence-corrected chi connectivity index (χ0v) is 9.87. The third-order valence-corrected chi connectivity index (χ3v) is 3.34. The lowest BCUT2D eigenvalue weighted by Gasteiger charge is -1.96. The summed E-state index contributed by atoms with van der Waals surface area (Å²) in [6.07, 6.45) is 0. The highest BCUT2D eigenvalue weighted by molar-refractivity contribution is 9.11. The first-order valence-corrected chi connectivity index (χ1v) is 5.77. The molecule has 0 aliphatic heterocycles. The molecule has 0 atom stereocenters. The van der Waals surface area contributed by atoms with Crippen molar-refractivity contribution >= 4 is 43.5 Å². The molecule has 0 bridgehead atoms. The van der Waals surface area contributed by atoms with E-state index in [4.69, 9.17) is 4.74 Å². The number of carbonyl (C=O) groups is 1. The summed E-state index contributed by atoms with van der Waals surface area (Å²) in [7, 11) is 0. The van der Waals surface area contributed by atoms with Gasteiger partial charge in [0.05, 0.1) is 10.4 Å². The zero-order valence-electron chi connectivity index (χ0n) is 7.46. The van der Waals surface area contributed by atoms with Crippen molar-refractivity contribution < 1.29 is 9.53 Å². The Hall–Kier alpha value is -0.810. The number of hydrogen-bond donors (Lipinski definition) is 1. The van der Waals surface area contributed by atoms with E-state index in [0.29, 0.717) is 12.3 Å². The summed E-state index contributed by atoms with van der Waals surface area (Å²) in [5.41, 5.74) is 0.514. The van der Waals surface area contributed by atoms with E-state index in [-0.39, 0.29) is 5.97 Å². The number of aromatic amines is 1. The number of ether oxygens (including phenoxy) is 1. The van der Waals surface area contributed by atoms with Gasteiger partial charge in [-0.15, -0.1) is 11.3 Å². The third-order valence-electron chi connectivity index (χ3n) is 1.77. The Kier molecular flexibility index (Phi) is 2.60. The van der Waals surface area contributed by atoms with Gasteiger partial charge in [-0.2, -0.15) is 0 Å². The predicted octanol–water partition coefficient (Wildman–Crippen LogP) is 3.17. The first-order chi connectivity index (χ1) is 6.70. The number of thiophene rings is 1. The molecule has 0 saturated heterocycles. The van der Waals surface area contributed by atoms with Gasteiger partial charge in [0.1, 0.15) is 10.5 Å². The molecule has 5 heteroatoms. The molecule has 2 rings (SSSR count). The number of H-pyrrole nitrogens is 1. The van der Waals surface area contributed by atoms with Gasteiger partial charge in [-0.1, -0.05) is 0 Å². The van der Waals surface area contributed by atoms with Crippen molar-refractivity contribution in [1.82, 2.24) is 4.98 Å². The van der Waals surface area contributed by atoms with Gasteiger partial charge in [0, 0.05) is 5.39 Å². The molecule has 0 amide bonds. The summed E-state index contributed by atoms with van der Waals surface area (Å²) in [5.74, 6) is -0.299. The highest BCUT2D eigenvalue weighted by Gasteiger charge is 2.11. The maximum Gasteiger partial charge on any atom is 0.354 e. The van der Waals surface area contributed by atoms with Gasteiger partial charge in [0.2, 0.25) is 0 Å². The van der Waals surface area contributed by atoms with E-state index in [1.54, 1.807) is 24.3 Å². The van der Waals surface area contributed by atoms with Gasteiger partial charge >= 0.3 is 5.97 Å². The number of fused-ring (bicyclic) bond motifs is 1. The van der Waals surface area contributed by atoms with Crippen LogP contribution in [0.3, 0.4) is 0 Å². The second-order valence-electron chi connectivity index (χ2n) is 2.74. The number of esters is 1. The van der Waals surface area contributed by atoms with Crippen molar-refractivity contribution in [3.05, 3.63) is 21.6 Å². The largest absolute Gasteiger partial charge is 0.461 e. The molecule has 0 spiro atoms. The second-order valence-corrected chi connectivity index (χ2v) is 5.17. The maximum atomic E-state index is 11.3. The van der Waals surface area contributed by atoms with E-state index in [9.17, 15) is 4.79 Å². The maximum absolute atomic E-state index is 11.3. The molecule has 0 radical (unpaired) electrons. The van der Waals surface area contributed by atoms with Gasteiger partial charge in [0.25, 0.3) is 0 Å². The van der Waals surface area contributed by atoms with E-state index in [2.05, 4.69) is 20.9 Å². The Labute approximate surface area is 93.2 Å². The molecule has 0 saturated carbocycles. The van der Waals surface area contributed by atoms with Gasteiger partial charge in [0.15, 0.2) is 0 Å². The summed E-state index contributed by atoms with van der Waals surface area (Å²) >= 11 is 4.94. The Bertz CT molecular complexity index is 443. The van der Waals surface area contributed by atoms with Crippen LogP contribution in [0.2, 0.25) is 0 Å². The van der Waals surface area contributed by atoms with Crippen LogP contribution < -0.4 is 0 Å². The number of aromatic nitrogens is 1. The van der Waals surface area contributed by atoms with Crippen LogP contribution in [0, 0.1) is 0 Å². The molecule has 1 N–H and O–H groups in total. The molecule has 2 aromatic rings. The summed E-state index contributed by atoms with van der Waals surface area (Å²) in [6, 6.07) is 3.77. The first-order valence-electron chi connectivity index (χ1n) is 4.16. The van der Waals surface area contributed by atoms with Gasteiger partial charge in [-0.3, -0.25) is 0 Å². The van der Waals surface area contributed by atoms with Crippen molar-refractivity contribution in [2.24, 2.45) is 0 Å². The zero-order chi connectivity index (χ0) is 10.1. The van der Waals surface area contributed by atoms with Crippen LogP contribution in [0.5, 0.6) is 0 Å². The highest BCUT2D eigenvalue weighted by Crippen LogP contribution is 2.29. The molecule has 0 fully saturated rings. The smallest absolute Gasteiger partial charge is 0.354 e. The lowest BCUT2D eigenvalue weighted by atomic mass is 10.3. The average Bonchev–Trinajstić information content (AvgIpc) is 2.61. The minimum absolute atomic E-state index is 0.299. The number of halogens is 1. The normalized spacial score (nSPS) is 10.7. The molecule has 3 nitrogen and oxygen atoms in total. The number of rotatable bonds is 2. The summed E-state index contributed by atoms with van der Waals surface area (Å²) in [5, 5.41) is 1.03. The highest BCUT2D eigenvalue weighted by atomic mass is 79.9. The van der Waals surface area contributed by atoms with Crippen LogP contribution >= 0.6 is 27.3 Å². The standard InChI is InChI=1S/C9H8BrNO2S/c1-2-13-9(12)6-3-5-4-7(10)14-8(5)11-6/h3-4,11H,2H2,1H3. The van der Waals surface area contributed by atoms with Crippen LogP contribution in [-0.4, -0.2) is 17.6 Å². The van der Waals surface area contributed by atoms with Crippen molar-refractivity contribution in [3.63, 3.8) is 0 Å². The number of hydrogen-bond acceptors (Lipinski definition) is 3. The molecule has 2 heterocycles. The van der Waals surface area contributed by atoms with Gasteiger partial charge < -0.3 is 9.72 Å². The van der Waals surface area contributed by atoms with Crippen molar-refractivity contribution in [3.8, 4) is 0 Å². The quantitative estimate of drug-likeness (QED) is 0.855. The molecular weight excluding hydrogens is 266 g/mol. The van der Waals surface area contributed by atoms with Crippen LogP contribution in [0.1, 0.15) is 17.4 Å². The average molecular weight is 274 g/mol. The lowest BCUT2D eigenvalue weighted by Crippen LogP contribution is -2.04. The molecule has 2 aromatic heterocycles. The Morgan fingerprint density at radius 2 is 2.43 bits per heavy atom. The fourth-order valence-electron chi connectivity index (χ4n) is 1.21. The van der Waals surface area contributed by atoms with Crippen molar-refractivity contribution in [2.75, 3.05) is 6.61 Å². The molecule has 0 aromatic carbocycles. The third kappa shape index (κ3) is 1.69. The molecule has 0 aliphatic rings. The van der Waals surface area contributed by atoms with Gasteiger partial charge in [-0.05, 0) is 35.0 Å². The van der Waals surface area contributed by atoms with E-state index in [1.165, 1.54) is 0 Å². The molecular formula is C9H8BrNO2S. The Balaban J connectivity index is 2.36. The Morgan fingerprint density at radius 3 is 3.07 bits per heavy atom. The molecule has 0 aliphatic carbocycles. The summed E-state index contributed by atoms with van der Waals surface area (Å²) in [6.45, 7) is 2.19. The van der Waals surface area contributed by atoms with E-state index in [1.807, 2.05) is 6.07 Å². The van der Waals surface area contributed by atoms with Crippen LogP contribution in [0.4, 0.5) is 0 Å². The predicted molar refractivity (Wildman–Crippen MR) is 59.8 cm³/mol. The monoisotopic (exact) mass is 273 g/mol. The van der Waals surface area contributed by atoms with Crippen LogP contribution in [0.15, 0.2) is 15.9 Å². The van der Waals surface area contributed by atoms with Crippen LogP contribution in [0.25, 0.3) is 10.2 Å². The van der Waals surface area contributed by atoms with Crippen LogP contribution in [-0.2, 0) is 4.74 Å². The number of nitrogens with one attached hydrogen (secondary N) is 1. The van der Waals surface area contributed by atoms with Crippen molar-refractivity contribution in [2.45, 2.75) is 6.92 Å². The van der Waals surface area contributed by atoms with Gasteiger partial charge in [-0.25, -0.2) is 4.79 Å². The number of carbonyl (C=O) groups excluding carboxylic acids is 1. The SMILES string of the molecule is CCOC(=O)c1cc2cc(Br)sc2[nH]1. The van der Waals surface area contributed by atoms with Crippen molar-refractivity contribution in [1.29, 1.82) is 0 Å². The Morgan fingerprint density at radius 1 is 1.64 bits per heavy atom. The molecule has 0 unspecified atom stereocenters. The summed E-state index contributed by atoms with van der Waals surface area (Å²) in [4.78, 5) is 15.3. The van der Waals surface area contributed by atoms with E-state index in [0.717, 1.165) is 14.0 Å².